The molecule has 5 heteroatoms. The number of benzene rings is 2. The summed E-state index contributed by atoms with van der Waals surface area (Å²) in [6, 6.07) is 14.7. The first-order valence-corrected chi connectivity index (χ1v) is 6.83. The van der Waals surface area contributed by atoms with Crippen LogP contribution in [0.5, 0.6) is 5.75 Å². The number of phenols is 1. The molecule has 2 aromatic carbocycles. The highest BCUT2D eigenvalue weighted by molar-refractivity contribution is 6.32. The molecule has 0 saturated carbocycles. The molecule has 4 aromatic rings. The second-order valence-corrected chi connectivity index (χ2v) is 5.12. The van der Waals surface area contributed by atoms with Crippen molar-refractivity contribution in [3.8, 4) is 17.0 Å². The highest BCUT2D eigenvalue weighted by Crippen LogP contribution is 2.27. The minimum atomic E-state index is 0.207. The van der Waals surface area contributed by atoms with Gasteiger partial charge in [0, 0.05) is 11.8 Å². The smallest absolute Gasteiger partial charge is 0.175 e. The molecule has 2 aromatic heterocycles. The Hall–Kier alpha value is -2.59. The lowest BCUT2D eigenvalue weighted by molar-refractivity contribution is 0.475. The molecule has 0 spiro atoms. The van der Waals surface area contributed by atoms with Gasteiger partial charge in [-0.3, -0.25) is 4.40 Å². The zero-order chi connectivity index (χ0) is 14.4. The molecule has 4 rings (SSSR count). The minimum absolute atomic E-state index is 0.207. The van der Waals surface area contributed by atoms with Crippen LogP contribution in [0, 0.1) is 0 Å². The lowest BCUT2D eigenvalue weighted by Crippen LogP contribution is -1.91. The maximum absolute atomic E-state index is 9.60. The molecule has 0 aliphatic rings. The number of nitrogens with zero attached hydrogens (tertiary/aromatic N) is 3. The first-order chi connectivity index (χ1) is 10.2. The van der Waals surface area contributed by atoms with E-state index < -0.39 is 0 Å². The van der Waals surface area contributed by atoms with Gasteiger partial charge >= 0.3 is 0 Å². The molecule has 0 radical (unpaired) electrons. The van der Waals surface area contributed by atoms with Crippen molar-refractivity contribution < 1.29 is 5.11 Å². The van der Waals surface area contributed by atoms with Crippen LogP contribution in [0.1, 0.15) is 0 Å². The summed E-state index contributed by atoms with van der Waals surface area (Å²) >= 11 is 6.22. The van der Waals surface area contributed by atoms with E-state index in [1.807, 2.05) is 40.9 Å². The van der Waals surface area contributed by atoms with Crippen LogP contribution in [0.25, 0.3) is 27.9 Å². The minimum Gasteiger partial charge on any atom is -0.508 e. The van der Waals surface area contributed by atoms with Crippen molar-refractivity contribution >= 4 is 28.3 Å². The predicted octanol–water partition coefficient (Wildman–Crippen LogP) is 3.91. The number of para-hydroxylation sites is 2. The van der Waals surface area contributed by atoms with E-state index in [0.717, 1.165) is 22.3 Å². The maximum Gasteiger partial charge on any atom is 0.175 e. The summed E-state index contributed by atoms with van der Waals surface area (Å²) in [5, 5.41) is 9.96. The third kappa shape index (κ3) is 1.92. The van der Waals surface area contributed by atoms with Crippen molar-refractivity contribution in [1.82, 2.24) is 14.4 Å². The normalized spacial score (nSPS) is 11.3. The van der Waals surface area contributed by atoms with E-state index in [1.165, 1.54) is 0 Å². The molecule has 0 aliphatic carbocycles. The lowest BCUT2D eigenvalue weighted by Gasteiger charge is -2.01. The van der Waals surface area contributed by atoms with Crippen LogP contribution in [0.15, 0.2) is 54.7 Å². The van der Waals surface area contributed by atoms with E-state index in [4.69, 9.17) is 11.6 Å². The van der Waals surface area contributed by atoms with Crippen LogP contribution in [0.4, 0.5) is 0 Å². The highest BCUT2D eigenvalue weighted by Gasteiger charge is 2.11. The number of hydrogen-bond acceptors (Lipinski definition) is 3. The van der Waals surface area contributed by atoms with Gasteiger partial charge in [0.2, 0.25) is 0 Å². The van der Waals surface area contributed by atoms with Crippen molar-refractivity contribution in [3.63, 3.8) is 0 Å². The van der Waals surface area contributed by atoms with Gasteiger partial charge in [0.1, 0.15) is 5.75 Å². The van der Waals surface area contributed by atoms with E-state index in [-0.39, 0.29) is 5.75 Å². The zero-order valence-corrected chi connectivity index (χ0v) is 11.6. The second-order valence-electron chi connectivity index (χ2n) is 4.76. The van der Waals surface area contributed by atoms with Crippen molar-refractivity contribution in [1.29, 1.82) is 0 Å². The van der Waals surface area contributed by atoms with Crippen molar-refractivity contribution in [2.75, 3.05) is 0 Å². The summed E-state index contributed by atoms with van der Waals surface area (Å²) < 4.78 is 1.92. The Balaban J connectivity index is 2.06. The average Bonchev–Trinajstić information content (AvgIpc) is 2.93. The summed E-state index contributed by atoms with van der Waals surface area (Å²) in [4.78, 5) is 8.89. The first kappa shape index (κ1) is 12.2. The van der Waals surface area contributed by atoms with Crippen molar-refractivity contribution in [3.05, 3.63) is 59.9 Å². The number of rotatable bonds is 1. The number of fused-ring (bicyclic) bond motifs is 3. The summed E-state index contributed by atoms with van der Waals surface area (Å²) in [7, 11) is 0. The Labute approximate surface area is 125 Å². The summed E-state index contributed by atoms with van der Waals surface area (Å²) in [5.41, 5.74) is 3.93. The van der Waals surface area contributed by atoms with Gasteiger partial charge in [-0.25, -0.2) is 9.97 Å². The van der Waals surface area contributed by atoms with Crippen LogP contribution in [-0.4, -0.2) is 19.5 Å². The molecule has 0 fully saturated rings. The molecule has 0 unspecified atom stereocenters. The highest BCUT2D eigenvalue weighted by atomic mass is 35.5. The molecule has 0 bridgehead atoms. The third-order valence-electron chi connectivity index (χ3n) is 3.39. The van der Waals surface area contributed by atoms with E-state index in [1.54, 1.807) is 18.2 Å². The Morgan fingerprint density at radius 2 is 1.86 bits per heavy atom. The van der Waals surface area contributed by atoms with E-state index in [9.17, 15) is 5.11 Å². The van der Waals surface area contributed by atoms with E-state index in [0.29, 0.717) is 10.8 Å². The molecular formula is C16H10ClN3O. The number of halogens is 1. The Morgan fingerprint density at radius 1 is 1.00 bits per heavy atom. The number of hydrogen-bond donors (Lipinski definition) is 1. The number of imidazole rings is 1. The molecule has 1 N–H and O–H groups in total. The van der Waals surface area contributed by atoms with Gasteiger partial charge in [-0.05, 0) is 24.3 Å². The number of aromatic nitrogens is 3. The zero-order valence-electron chi connectivity index (χ0n) is 10.9. The number of phenolic OH excluding ortho intramolecular Hbond substituents is 1. The van der Waals surface area contributed by atoms with Gasteiger partial charge in [0.25, 0.3) is 0 Å². The van der Waals surface area contributed by atoms with Gasteiger partial charge in [-0.15, -0.1) is 0 Å². The standard InChI is InChI=1S/C16H10ClN3O/c17-15-16-19-13(10-4-3-5-11(21)8-10)9-20(16)14-7-2-1-6-12(14)18-15/h1-9,21H. The molecular weight excluding hydrogens is 286 g/mol. The molecule has 21 heavy (non-hydrogen) atoms. The van der Waals surface area contributed by atoms with E-state index in [2.05, 4.69) is 9.97 Å². The van der Waals surface area contributed by atoms with Gasteiger partial charge in [0.05, 0.1) is 16.7 Å². The summed E-state index contributed by atoms with van der Waals surface area (Å²) in [6.45, 7) is 0. The first-order valence-electron chi connectivity index (χ1n) is 6.45. The molecule has 2 heterocycles. The number of aromatic hydroxyl groups is 1. The largest absolute Gasteiger partial charge is 0.508 e. The lowest BCUT2D eigenvalue weighted by atomic mass is 10.1. The Bertz CT molecular complexity index is 978. The Kier molecular flexibility index (Phi) is 2.59. The third-order valence-corrected chi connectivity index (χ3v) is 3.65. The molecule has 4 nitrogen and oxygen atoms in total. The molecule has 102 valence electrons. The topological polar surface area (TPSA) is 50.4 Å². The van der Waals surface area contributed by atoms with Gasteiger partial charge in [-0.1, -0.05) is 35.9 Å². The summed E-state index contributed by atoms with van der Waals surface area (Å²) in [5.74, 6) is 0.207. The SMILES string of the molecule is Oc1cccc(-c2cn3c(n2)c(Cl)nc2ccccc23)c1. The second kappa shape index (κ2) is 4.46. The summed E-state index contributed by atoms with van der Waals surface area (Å²) in [6.07, 6.45) is 1.90. The Morgan fingerprint density at radius 3 is 2.71 bits per heavy atom. The fourth-order valence-corrected chi connectivity index (χ4v) is 2.66. The van der Waals surface area contributed by atoms with Gasteiger partial charge < -0.3 is 5.11 Å². The fourth-order valence-electron chi connectivity index (χ4n) is 2.43. The van der Waals surface area contributed by atoms with Crippen LogP contribution in [0.2, 0.25) is 5.15 Å². The van der Waals surface area contributed by atoms with Crippen LogP contribution in [0.3, 0.4) is 0 Å². The van der Waals surface area contributed by atoms with Gasteiger partial charge in [-0.2, -0.15) is 0 Å². The van der Waals surface area contributed by atoms with Crippen LogP contribution in [-0.2, 0) is 0 Å². The molecule has 0 aliphatic heterocycles. The van der Waals surface area contributed by atoms with Crippen LogP contribution >= 0.6 is 11.6 Å². The molecule has 0 atom stereocenters. The van der Waals surface area contributed by atoms with E-state index >= 15 is 0 Å². The molecule has 0 amide bonds. The van der Waals surface area contributed by atoms with Crippen molar-refractivity contribution in [2.45, 2.75) is 0 Å². The monoisotopic (exact) mass is 295 g/mol. The quantitative estimate of drug-likeness (QED) is 0.579. The molecule has 0 saturated heterocycles. The van der Waals surface area contributed by atoms with Crippen molar-refractivity contribution in [2.24, 2.45) is 0 Å². The fraction of sp³-hybridized carbons (Fsp3) is 0. The predicted molar refractivity (Wildman–Crippen MR) is 82.6 cm³/mol. The average molecular weight is 296 g/mol. The van der Waals surface area contributed by atoms with Crippen LogP contribution < -0.4 is 0 Å². The maximum atomic E-state index is 9.60. The van der Waals surface area contributed by atoms with Gasteiger partial charge in [0.15, 0.2) is 10.8 Å².